The summed E-state index contributed by atoms with van der Waals surface area (Å²) in [6, 6.07) is 0.395. The Morgan fingerprint density at radius 3 is 2.04 bits per heavy atom. The molecule has 24 heavy (non-hydrogen) atoms. The van der Waals surface area contributed by atoms with Crippen LogP contribution >= 0.6 is 12.4 Å². The minimum Gasteiger partial charge on any atom is -0.338 e. The van der Waals surface area contributed by atoms with Crippen LogP contribution in [0.5, 0.6) is 0 Å². The summed E-state index contributed by atoms with van der Waals surface area (Å²) in [4.78, 5) is 31.1. The topological polar surface area (TPSA) is 69.9 Å². The fourth-order valence-corrected chi connectivity index (χ4v) is 4.20. The number of carbonyl (C=O) groups is 2. The van der Waals surface area contributed by atoms with Crippen LogP contribution in [0.3, 0.4) is 0 Å². The van der Waals surface area contributed by atoms with Gasteiger partial charge in [-0.05, 0) is 44.9 Å². The van der Waals surface area contributed by atoms with Gasteiger partial charge in [0.15, 0.2) is 0 Å². The Morgan fingerprint density at radius 2 is 1.42 bits per heavy atom. The molecular weight excluding hydrogens is 328 g/mol. The number of nitrogens with zero attached hydrogens (tertiary/aromatic N) is 3. The van der Waals surface area contributed by atoms with Gasteiger partial charge in [-0.1, -0.05) is 0 Å². The van der Waals surface area contributed by atoms with E-state index in [1.807, 2.05) is 14.7 Å². The highest BCUT2D eigenvalue weighted by Crippen LogP contribution is 2.25. The summed E-state index contributed by atoms with van der Waals surface area (Å²) >= 11 is 0. The summed E-state index contributed by atoms with van der Waals surface area (Å²) in [6.07, 6.45) is 7.14. The standard InChI is InChI=1S/C17H30N4O2.ClH/c18-13-15-5-1-2-10-21(15)16(22)14-6-11-20(12-7-14)17(23)19-8-3-4-9-19;/h14-15H,1-13,18H2;1H. The van der Waals surface area contributed by atoms with Crippen molar-refractivity contribution in [3.05, 3.63) is 0 Å². The van der Waals surface area contributed by atoms with Gasteiger partial charge < -0.3 is 20.4 Å². The molecule has 0 aliphatic carbocycles. The predicted octanol–water partition coefficient (Wildman–Crippen LogP) is 1.68. The molecule has 2 N–H and O–H groups in total. The Morgan fingerprint density at radius 1 is 0.833 bits per heavy atom. The van der Waals surface area contributed by atoms with Gasteiger partial charge in [-0.3, -0.25) is 4.79 Å². The second kappa shape index (κ2) is 8.90. The monoisotopic (exact) mass is 358 g/mol. The van der Waals surface area contributed by atoms with E-state index in [-0.39, 0.29) is 36.3 Å². The molecule has 6 nitrogen and oxygen atoms in total. The van der Waals surface area contributed by atoms with Crippen LogP contribution in [0.4, 0.5) is 4.79 Å². The van der Waals surface area contributed by atoms with Gasteiger partial charge in [-0.2, -0.15) is 0 Å². The third kappa shape index (κ3) is 4.14. The first-order valence-corrected chi connectivity index (χ1v) is 9.25. The van der Waals surface area contributed by atoms with Crippen molar-refractivity contribution in [3.8, 4) is 0 Å². The SMILES string of the molecule is Cl.NCC1CCCCN1C(=O)C1CCN(C(=O)N2CCCC2)CC1. The number of piperidine rings is 2. The second-order valence-corrected chi connectivity index (χ2v) is 7.15. The number of likely N-dealkylation sites (tertiary alicyclic amines) is 3. The van der Waals surface area contributed by atoms with E-state index in [1.54, 1.807) is 0 Å². The summed E-state index contributed by atoms with van der Waals surface area (Å²) in [6.45, 7) is 4.64. The fourth-order valence-electron chi connectivity index (χ4n) is 4.20. The average molecular weight is 359 g/mol. The molecule has 3 heterocycles. The number of carbonyl (C=O) groups excluding carboxylic acids is 2. The highest BCUT2D eigenvalue weighted by molar-refractivity contribution is 5.85. The lowest BCUT2D eigenvalue weighted by Gasteiger charge is -2.40. The fraction of sp³-hybridized carbons (Fsp3) is 0.882. The van der Waals surface area contributed by atoms with Crippen LogP contribution in [0.15, 0.2) is 0 Å². The van der Waals surface area contributed by atoms with E-state index in [1.165, 1.54) is 6.42 Å². The average Bonchev–Trinajstić information content (AvgIpc) is 3.15. The minimum absolute atomic E-state index is 0. The van der Waals surface area contributed by atoms with E-state index in [0.717, 1.165) is 58.2 Å². The molecule has 0 bridgehead atoms. The van der Waals surface area contributed by atoms with Crippen molar-refractivity contribution in [2.75, 3.05) is 39.3 Å². The summed E-state index contributed by atoms with van der Waals surface area (Å²) < 4.78 is 0. The highest BCUT2D eigenvalue weighted by atomic mass is 35.5. The van der Waals surface area contributed by atoms with Gasteiger partial charge in [0, 0.05) is 51.2 Å². The molecule has 0 aromatic heterocycles. The zero-order valence-electron chi connectivity index (χ0n) is 14.5. The lowest BCUT2D eigenvalue weighted by molar-refractivity contribution is -0.140. The number of amides is 3. The molecule has 3 aliphatic heterocycles. The molecule has 3 amide bonds. The maximum absolute atomic E-state index is 12.8. The molecule has 7 heteroatoms. The third-order valence-corrected chi connectivity index (χ3v) is 5.67. The van der Waals surface area contributed by atoms with Crippen molar-refractivity contribution < 1.29 is 9.59 Å². The van der Waals surface area contributed by atoms with Crippen LogP contribution in [-0.2, 0) is 4.79 Å². The Hall–Kier alpha value is -1.01. The molecule has 138 valence electrons. The quantitative estimate of drug-likeness (QED) is 0.816. The van der Waals surface area contributed by atoms with Gasteiger partial charge in [0.05, 0.1) is 0 Å². The largest absolute Gasteiger partial charge is 0.338 e. The van der Waals surface area contributed by atoms with Crippen molar-refractivity contribution in [1.29, 1.82) is 0 Å². The molecule has 3 aliphatic rings. The predicted molar refractivity (Wildman–Crippen MR) is 96.2 cm³/mol. The van der Waals surface area contributed by atoms with E-state index in [9.17, 15) is 9.59 Å². The highest BCUT2D eigenvalue weighted by Gasteiger charge is 2.34. The molecule has 1 atom stereocenters. The number of urea groups is 1. The van der Waals surface area contributed by atoms with Crippen LogP contribution in [0.25, 0.3) is 0 Å². The van der Waals surface area contributed by atoms with E-state index in [0.29, 0.717) is 19.6 Å². The normalized spacial score (nSPS) is 25.5. The minimum atomic E-state index is 0. The molecule has 3 fully saturated rings. The molecular formula is C17H31ClN4O2. The maximum atomic E-state index is 12.8. The van der Waals surface area contributed by atoms with Crippen molar-refractivity contribution in [1.82, 2.24) is 14.7 Å². The zero-order valence-corrected chi connectivity index (χ0v) is 15.3. The summed E-state index contributed by atoms with van der Waals surface area (Å²) in [5, 5.41) is 0. The van der Waals surface area contributed by atoms with Gasteiger partial charge in [0.25, 0.3) is 0 Å². The van der Waals surface area contributed by atoms with Crippen molar-refractivity contribution in [2.24, 2.45) is 11.7 Å². The van der Waals surface area contributed by atoms with Gasteiger partial charge in [-0.25, -0.2) is 4.79 Å². The lowest BCUT2D eigenvalue weighted by Crippen LogP contribution is -2.52. The number of rotatable bonds is 2. The van der Waals surface area contributed by atoms with Crippen molar-refractivity contribution in [3.63, 3.8) is 0 Å². The smallest absolute Gasteiger partial charge is 0.319 e. The second-order valence-electron chi connectivity index (χ2n) is 7.15. The van der Waals surface area contributed by atoms with Crippen molar-refractivity contribution in [2.45, 2.75) is 51.0 Å². The van der Waals surface area contributed by atoms with Crippen LogP contribution in [-0.4, -0.2) is 71.9 Å². The van der Waals surface area contributed by atoms with Crippen LogP contribution in [0.2, 0.25) is 0 Å². The number of halogens is 1. The molecule has 0 radical (unpaired) electrons. The summed E-state index contributed by atoms with van der Waals surface area (Å²) in [5.41, 5.74) is 5.84. The van der Waals surface area contributed by atoms with E-state index in [4.69, 9.17) is 5.73 Å². The van der Waals surface area contributed by atoms with E-state index >= 15 is 0 Å². The third-order valence-electron chi connectivity index (χ3n) is 5.67. The molecule has 0 saturated carbocycles. The van der Waals surface area contributed by atoms with Gasteiger partial charge in [0.1, 0.15) is 0 Å². The van der Waals surface area contributed by atoms with Crippen LogP contribution in [0.1, 0.15) is 44.9 Å². The maximum Gasteiger partial charge on any atom is 0.319 e. The Bertz CT molecular complexity index is 434. The molecule has 0 aromatic rings. The zero-order chi connectivity index (χ0) is 16.2. The Balaban J connectivity index is 0.00000208. The summed E-state index contributed by atoms with van der Waals surface area (Å²) in [5.74, 6) is 0.346. The van der Waals surface area contributed by atoms with E-state index < -0.39 is 0 Å². The van der Waals surface area contributed by atoms with Crippen LogP contribution in [0, 0.1) is 5.92 Å². The first kappa shape index (κ1) is 19.3. The van der Waals surface area contributed by atoms with Gasteiger partial charge in [-0.15, -0.1) is 12.4 Å². The van der Waals surface area contributed by atoms with Crippen LogP contribution < -0.4 is 5.73 Å². The first-order valence-electron chi connectivity index (χ1n) is 9.25. The van der Waals surface area contributed by atoms with E-state index in [2.05, 4.69) is 0 Å². The number of hydrogen-bond donors (Lipinski definition) is 1. The molecule has 1 unspecified atom stereocenters. The molecule has 3 rings (SSSR count). The summed E-state index contributed by atoms with van der Waals surface area (Å²) in [7, 11) is 0. The Kier molecular flexibility index (Phi) is 7.16. The lowest BCUT2D eigenvalue weighted by atomic mass is 9.92. The Labute approximate surface area is 151 Å². The first-order chi connectivity index (χ1) is 11.2. The molecule has 0 aromatic carbocycles. The molecule has 3 saturated heterocycles. The number of hydrogen-bond acceptors (Lipinski definition) is 3. The number of nitrogens with two attached hydrogens (primary N) is 1. The van der Waals surface area contributed by atoms with Gasteiger partial charge >= 0.3 is 6.03 Å². The van der Waals surface area contributed by atoms with Gasteiger partial charge in [0.2, 0.25) is 5.91 Å². The molecule has 0 spiro atoms. The van der Waals surface area contributed by atoms with Crippen molar-refractivity contribution >= 4 is 24.3 Å².